The van der Waals surface area contributed by atoms with Gasteiger partial charge in [0.25, 0.3) is 0 Å². The van der Waals surface area contributed by atoms with E-state index in [1.807, 2.05) is 38.1 Å². The van der Waals surface area contributed by atoms with E-state index < -0.39 is 25.1 Å². The molecule has 0 aromatic carbocycles. The van der Waals surface area contributed by atoms with Crippen molar-refractivity contribution in [3.05, 3.63) is 36.7 Å². The van der Waals surface area contributed by atoms with Gasteiger partial charge in [0.1, 0.15) is 18.2 Å². The van der Waals surface area contributed by atoms with Crippen LogP contribution in [0, 0.1) is 0 Å². The number of nitrogens with zero attached hydrogens (tertiary/aromatic N) is 3. The lowest BCUT2D eigenvalue weighted by Gasteiger charge is -2.23. The summed E-state index contributed by atoms with van der Waals surface area (Å²) in [6.07, 6.45) is 11.1. The third-order valence-corrected chi connectivity index (χ3v) is 11.9. The molecule has 0 atom stereocenters. The molecule has 0 fully saturated rings. The van der Waals surface area contributed by atoms with E-state index in [2.05, 4.69) is 31.2 Å². The monoisotopic (exact) mass is 843 g/mol. The predicted octanol–water partition coefficient (Wildman–Crippen LogP) is 4.45. The van der Waals surface area contributed by atoms with Gasteiger partial charge in [-0.05, 0) is 73.3 Å². The van der Waals surface area contributed by atoms with Crippen molar-refractivity contribution in [2.45, 2.75) is 83.1 Å². The van der Waals surface area contributed by atoms with Gasteiger partial charge in [-0.2, -0.15) is 0 Å². The number of carboxylic acid groups (broad SMARTS) is 1. The lowest BCUT2D eigenvalue weighted by Crippen LogP contribution is -2.44. The number of unbranched alkanes of at least 4 members (excludes halogenated alkanes) is 4. The maximum absolute atomic E-state index is 12.7. The van der Waals surface area contributed by atoms with Crippen molar-refractivity contribution in [1.29, 1.82) is 0 Å². The van der Waals surface area contributed by atoms with Crippen LogP contribution in [0.25, 0.3) is 0 Å². The maximum atomic E-state index is 12.7. The van der Waals surface area contributed by atoms with Crippen LogP contribution < -0.4 is 21.3 Å². The number of amides is 5. The largest absolute Gasteiger partial charge is 0.480 e. The van der Waals surface area contributed by atoms with Gasteiger partial charge in [0.15, 0.2) is 0 Å². The quantitative estimate of drug-likeness (QED) is 0.0295. The molecule has 0 saturated carbocycles. The predicted molar refractivity (Wildman–Crippen MR) is 224 cm³/mol. The molecule has 0 aliphatic heterocycles. The van der Waals surface area contributed by atoms with Crippen molar-refractivity contribution in [2.24, 2.45) is 4.99 Å². The van der Waals surface area contributed by atoms with Gasteiger partial charge in [-0.25, -0.2) is 9.78 Å². The van der Waals surface area contributed by atoms with Crippen molar-refractivity contribution in [2.75, 3.05) is 64.0 Å². The number of carboxylic acids is 1. The molecule has 1 aromatic heterocycles. The van der Waals surface area contributed by atoms with Crippen molar-refractivity contribution < 1.29 is 38.6 Å². The summed E-state index contributed by atoms with van der Waals surface area (Å²) in [5.41, 5.74) is 0. The highest BCUT2D eigenvalue weighted by Gasteiger charge is 2.15. The summed E-state index contributed by atoms with van der Waals surface area (Å²) in [6, 6.07) is 5.70. The average Bonchev–Trinajstić information content (AvgIpc) is 3.16. The molecule has 1 rings (SSSR count). The van der Waals surface area contributed by atoms with Crippen LogP contribution >= 0.6 is 43.2 Å². The minimum atomic E-state index is -1.19. The van der Waals surface area contributed by atoms with Gasteiger partial charge in [0.2, 0.25) is 29.5 Å². The number of aliphatic imine (C=N–C) groups is 1. The summed E-state index contributed by atoms with van der Waals surface area (Å²) in [6.45, 7) is 4.56. The molecular formula is C36H57N7O8S4. The zero-order chi connectivity index (χ0) is 40.4. The Balaban J connectivity index is 2.20. The lowest BCUT2D eigenvalue weighted by atomic mass is 10.2. The molecular weight excluding hydrogens is 787 g/mol. The molecule has 0 saturated heterocycles. The Hall–Kier alpha value is -3.26. The molecule has 15 nitrogen and oxygen atoms in total. The molecule has 1 aromatic rings. The summed E-state index contributed by atoms with van der Waals surface area (Å²) in [5, 5.41) is 22.0. The Morgan fingerprint density at radius 3 is 1.87 bits per heavy atom. The number of carbonyl (C=O) groups excluding carboxylic acids is 5. The number of allylic oxidation sites excluding steroid dienone is 1. The van der Waals surface area contributed by atoms with E-state index >= 15 is 0 Å². The van der Waals surface area contributed by atoms with E-state index in [1.165, 1.54) is 4.90 Å². The van der Waals surface area contributed by atoms with E-state index in [9.17, 15) is 28.8 Å². The molecule has 55 heavy (non-hydrogen) atoms. The Bertz CT molecular complexity index is 1340. The Morgan fingerprint density at radius 2 is 1.33 bits per heavy atom. The minimum Gasteiger partial charge on any atom is -0.480 e. The molecule has 0 aliphatic carbocycles. The van der Waals surface area contributed by atoms with Gasteiger partial charge < -0.3 is 36.0 Å². The number of rotatable bonds is 32. The number of hydrogen-bond acceptors (Lipinski definition) is 13. The second kappa shape index (κ2) is 34.0. The first kappa shape index (κ1) is 49.8. The summed E-state index contributed by atoms with van der Waals surface area (Å²) >= 11 is 0. The van der Waals surface area contributed by atoms with Crippen LogP contribution in [-0.2, 0) is 33.5 Å². The van der Waals surface area contributed by atoms with E-state index in [0.29, 0.717) is 63.1 Å². The molecule has 19 heteroatoms. The first-order valence-corrected chi connectivity index (χ1v) is 23.0. The van der Waals surface area contributed by atoms with E-state index in [0.717, 1.165) is 35.8 Å². The first-order chi connectivity index (χ1) is 26.6. The van der Waals surface area contributed by atoms with Gasteiger partial charge >= 0.3 is 5.97 Å². The Kier molecular flexibility index (Phi) is 30.8. The number of aliphatic carboxylic acids is 1. The van der Waals surface area contributed by atoms with Crippen LogP contribution in [0.4, 0.5) is 0 Å². The SMILES string of the molecule is C/C=C\N=C(C)SSCCC(=O)NCCCCCC(=O)NCCN(CCNC(=O)CCCCCNC(=O)CCSSc1ccccn1)C(=O)COCC(=O)O. The Morgan fingerprint density at radius 1 is 0.764 bits per heavy atom. The Labute approximate surface area is 340 Å². The number of nitrogens with one attached hydrogen (secondary N) is 4. The molecule has 308 valence electrons. The van der Waals surface area contributed by atoms with Crippen LogP contribution in [0.1, 0.15) is 78.1 Å². The third kappa shape index (κ3) is 30.6. The maximum Gasteiger partial charge on any atom is 0.329 e. The summed E-state index contributed by atoms with van der Waals surface area (Å²) < 4.78 is 4.95. The van der Waals surface area contributed by atoms with Gasteiger partial charge in [-0.15, -0.1) is 0 Å². The van der Waals surface area contributed by atoms with Crippen molar-refractivity contribution in [1.82, 2.24) is 31.2 Å². The minimum absolute atomic E-state index is 0.00598. The zero-order valence-corrected chi connectivity index (χ0v) is 35.2. The molecule has 0 aliphatic rings. The van der Waals surface area contributed by atoms with Gasteiger partial charge in [-0.3, -0.25) is 29.0 Å². The smallest absolute Gasteiger partial charge is 0.329 e. The number of ether oxygens (including phenoxy) is 1. The highest BCUT2D eigenvalue weighted by atomic mass is 33.1. The summed E-state index contributed by atoms with van der Waals surface area (Å²) in [4.78, 5) is 82.1. The number of carbonyl (C=O) groups is 6. The highest BCUT2D eigenvalue weighted by Crippen LogP contribution is 2.29. The average molecular weight is 844 g/mol. The van der Waals surface area contributed by atoms with Crippen molar-refractivity contribution in [3.8, 4) is 0 Å². The van der Waals surface area contributed by atoms with E-state index in [4.69, 9.17) is 9.84 Å². The van der Waals surface area contributed by atoms with Crippen LogP contribution in [0.3, 0.4) is 0 Å². The van der Waals surface area contributed by atoms with Gasteiger partial charge in [0.05, 0.1) is 5.04 Å². The molecule has 0 unspecified atom stereocenters. The van der Waals surface area contributed by atoms with Crippen LogP contribution in [-0.4, -0.2) is 120 Å². The molecule has 0 bridgehead atoms. The zero-order valence-electron chi connectivity index (χ0n) is 31.9. The molecule has 1 heterocycles. The normalized spacial score (nSPS) is 11.3. The fourth-order valence-electron chi connectivity index (χ4n) is 4.42. The van der Waals surface area contributed by atoms with E-state index in [1.54, 1.807) is 55.6 Å². The second-order valence-electron chi connectivity index (χ2n) is 11.9. The van der Waals surface area contributed by atoms with Crippen molar-refractivity contribution >= 4 is 83.7 Å². The number of pyridine rings is 1. The van der Waals surface area contributed by atoms with Crippen LogP contribution in [0.5, 0.6) is 0 Å². The number of hydrogen-bond donors (Lipinski definition) is 5. The molecule has 5 N–H and O–H groups in total. The number of aromatic nitrogens is 1. The van der Waals surface area contributed by atoms with Crippen LogP contribution in [0.2, 0.25) is 0 Å². The first-order valence-electron chi connectivity index (χ1n) is 18.4. The summed E-state index contributed by atoms with van der Waals surface area (Å²) in [7, 11) is 6.25. The van der Waals surface area contributed by atoms with Gasteiger partial charge in [0, 0.05) is 88.9 Å². The topological polar surface area (TPSA) is 208 Å². The molecule has 5 amide bonds. The highest BCUT2D eigenvalue weighted by molar-refractivity contribution is 8.82. The van der Waals surface area contributed by atoms with Crippen LogP contribution in [0.15, 0.2) is 46.7 Å². The van der Waals surface area contributed by atoms with Crippen molar-refractivity contribution in [3.63, 3.8) is 0 Å². The third-order valence-electron chi connectivity index (χ3n) is 7.21. The molecule has 0 spiro atoms. The molecule has 0 radical (unpaired) electrons. The van der Waals surface area contributed by atoms with Gasteiger partial charge in [-0.1, -0.05) is 46.6 Å². The standard InChI is InChI=1S/C36H57N7O8S4/c1-3-17-37-29(2)54-52-25-15-32(46)38-18-9-4-6-12-30(44)40-21-23-43(35(48)27-51-28-36(49)50)24-22-41-31(45)13-7-5-10-19-39-33(47)16-26-53-55-34-14-8-11-20-42-34/h3,8,11,14,17,20H,4-7,9-10,12-13,15-16,18-19,21-28H2,1-2H3,(H,38,46)(H,39,47)(H,40,44)(H,41,45)(H,49,50)/b17-3-,37-29?. The van der Waals surface area contributed by atoms with E-state index in [-0.39, 0.29) is 49.8 Å². The lowest BCUT2D eigenvalue weighted by molar-refractivity contribution is -0.146. The fraction of sp³-hybridized carbons (Fsp3) is 0.611. The second-order valence-corrected chi connectivity index (χ2v) is 16.9. The fourth-order valence-corrected chi connectivity index (χ4v) is 8.05. The summed E-state index contributed by atoms with van der Waals surface area (Å²) in [5.74, 6) is -0.622.